The lowest BCUT2D eigenvalue weighted by Crippen LogP contribution is -2.11. The summed E-state index contributed by atoms with van der Waals surface area (Å²) < 4.78 is 13.0. The summed E-state index contributed by atoms with van der Waals surface area (Å²) in [5, 5.41) is 8.28. The van der Waals surface area contributed by atoms with Gasteiger partial charge in [-0.25, -0.2) is 0 Å². The maximum absolute atomic E-state index is 12.9. The maximum Gasteiger partial charge on any atom is 0.284 e. The third-order valence-corrected chi connectivity index (χ3v) is 5.74. The summed E-state index contributed by atoms with van der Waals surface area (Å²) in [5.74, 6) is 1.07. The topological polar surface area (TPSA) is 74.1 Å². The Hall–Kier alpha value is -3.06. The van der Waals surface area contributed by atoms with E-state index in [-0.39, 0.29) is 17.6 Å². The molecule has 0 bridgehead atoms. The number of aryl methyl sites for hydroxylation is 1. The zero-order valence-corrected chi connectivity index (χ0v) is 17.3. The summed E-state index contributed by atoms with van der Waals surface area (Å²) in [6.07, 6.45) is 1.54. The van der Waals surface area contributed by atoms with E-state index in [9.17, 15) is 4.79 Å². The predicted octanol–water partition coefficient (Wildman–Crippen LogP) is 5.33. The largest absolute Gasteiger partial charge is 0.459 e. The summed E-state index contributed by atoms with van der Waals surface area (Å²) in [4.78, 5) is 12.9. The first-order valence-electron chi connectivity index (χ1n) is 9.31. The number of hydrogen-bond acceptors (Lipinski definition) is 6. The number of aromatic nitrogens is 3. The van der Waals surface area contributed by atoms with Crippen molar-refractivity contribution in [1.82, 2.24) is 14.8 Å². The molecule has 0 spiro atoms. The standard InChI is InChI=1S/C22H21N3O3S/c1-14-12-18(16(3)25(14)15(2)17-8-5-4-6-9-17)19(26)13-29-22-24-23-21(28-22)20-10-7-11-27-20/h4-12,15H,13H2,1-3H3/t15-/m1/s1. The van der Waals surface area contributed by atoms with E-state index in [2.05, 4.69) is 33.8 Å². The van der Waals surface area contributed by atoms with Crippen LogP contribution in [0.4, 0.5) is 0 Å². The van der Waals surface area contributed by atoms with E-state index in [1.54, 1.807) is 18.4 Å². The number of ketones is 1. The fourth-order valence-electron chi connectivity index (χ4n) is 3.51. The van der Waals surface area contributed by atoms with Crippen molar-refractivity contribution in [2.45, 2.75) is 32.0 Å². The molecule has 0 amide bonds. The Morgan fingerprint density at radius 1 is 1.14 bits per heavy atom. The molecule has 0 aliphatic rings. The van der Waals surface area contributed by atoms with Crippen molar-refractivity contribution < 1.29 is 13.6 Å². The highest BCUT2D eigenvalue weighted by Crippen LogP contribution is 2.28. The van der Waals surface area contributed by atoms with Crippen LogP contribution in [0.3, 0.4) is 0 Å². The van der Waals surface area contributed by atoms with Crippen LogP contribution in [0.1, 0.15) is 40.3 Å². The van der Waals surface area contributed by atoms with Gasteiger partial charge < -0.3 is 13.4 Å². The van der Waals surface area contributed by atoms with Crippen LogP contribution in [0.25, 0.3) is 11.7 Å². The third kappa shape index (κ3) is 3.91. The molecule has 1 atom stereocenters. The van der Waals surface area contributed by atoms with E-state index in [4.69, 9.17) is 8.83 Å². The van der Waals surface area contributed by atoms with E-state index in [0.29, 0.717) is 16.9 Å². The van der Waals surface area contributed by atoms with E-state index < -0.39 is 0 Å². The molecule has 0 fully saturated rings. The van der Waals surface area contributed by atoms with Crippen molar-refractivity contribution in [3.05, 3.63) is 77.3 Å². The molecule has 0 radical (unpaired) electrons. The molecule has 148 valence electrons. The van der Waals surface area contributed by atoms with E-state index in [1.165, 1.54) is 17.3 Å². The van der Waals surface area contributed by atoms with Crippen molar-refractivity contribution in [2.75, 3.05) is 5.75 Å². The molecule has 0 saturated carbocycles. The molecule has 0 aliphatic carbocycles. The van der Waals surface area contributed by atoms with Gasteiger partial charge in [-0.05, 0) is 44.5 Å². The van der Waals surface area contributed by atoms with Gasteiger partial charge in [0.1, 0.15) is 0 Å². The lowest BCUT2D eigenvalue weighted by atomic mass is 10.1. The highest BCUT2D eigenvalue weighted by molar-refractivity contribution is 7.99. The normalized spacial score (nSPS) is 12.2. The molecule has 29 heavy (non-hydrogen) atoms. The average molecular weight is 407 g/mol. The van der Waals surface area contributed by atoms with Crippen LogP contribution in [0, 0.1) is 13.8 Å². The van der Waals surface area contributed by atoms with Crippen molar-refractivity contribution in [1.29, 1.82) is 0 Å². The molecule has 4 rings (SSSR count). The van der Waals surface area contributed by atoms with Gasteiger partial charge in [-0.1, -0.05) is 42.1 Å². The summed E-state index contributed by atoms with van der Waals surface area (Å²) in [7, 11) is 0. The molecule has 0 aliphatic heterocycles. The number of carbonyl (C=O) groups excluding carboxylic acids is 1. The highest BCUT2D eigenvalue weighted by Gasteiger charge is 2.21. The van der Waals surface area contributed by atoms with Crippen LogP contribution in [0.15, 0.2) is 68.9 Å². The fraction of sp³-hybridized carbons (Fsp3) is 0.227. The van der Waals surface area contributed by atoms with Gasteiger partial charge >= 0.3 is 0 Å². The van der Waals surface area contributed by atoms with Crippen molar-refractivity contribution in [2.24, 2.45) is 0 Å². The summed E-state index contributed by atoms with van der Waals surface area (Å²) in [6.45, 7) is 6.17. The zero-order chi connectivity index (χ0) is 20.4. The second-order valence-electron chi connectivity index (χ2n) is 6.80. The Bertz CT molecular complexity index is 1110. The van der Waals surface area contributed by atoms with Gasteiger partial charge in [0.15, 0.2) is 11.5 Å². The predicted molar refractivity (Wildman–Crippen MR) is 111 cm³/mol. The minimum absolute atomic E-state index is 0.0346. The van der Waals surface area contributed by atoms with Gasteiger partial charge in [0.2, 0.25) is 0 Å². The Kier molecular flexibility index (Phi) is 5.40. The van der Waals surface area contributed by atoms with Gasteiger partial charge in [-0.15, -0.1) is 10.2 Å². The Balaban J connectivity index is 1.48. The van der Waals surface area contributed by atoms with E-state index >= 15 is 0 Å². The average Bonchev–Trinajstić information content (AvgIpc) is 3.47. The molecular weight excluding hydrogens is 386 g/mol. The molecule has 0 N–H and O–H groups in total. The van der Waals surface area contributed by atoms with Crippen LogP contribution in [0.2, 0.25) is 0 Å². The van der Waals surface area contributed by atoms with Crippen LogP contribution < -0.4 is 0 Å². The Morgan fingerprint density at radius 2 is 1.93 bits per heavy atom. The number of hydrogen-bond donors (Lipinski definition) is 0. The number of carbonyl (C=O) groups is 1. The number of furan rings is 1. The molecule has 3 aromatic heterocycles. The summed E-state index contributed by atoms with van der Waals surface area (Å²) in [5.41, 5.74) is 3.96. The van der Waals surface area contributed by atoms with Gasteiger partial charge in [0, 0.05) is 17.0 Å². The number of Topliss-reactive ketones (excluding diaryl/α,β-unsaturated/α-hetero) is 1. The third-order valence-electron chi connectivity index (χ3n) is 4.92. The summed E-state index contributed by atoms with van der Waals surface area (Å²) >= 11 is 1.23. The maximum atomic E-state index is 12.9. The van der Waals surface area contributed by atoms with Crippen LogP contribution in [-0.4, -0.2) is 26.3 Å². The minimum atomic E-state index is 0.0346. The number of benzene rings is 1. The molecular formula is C22H21N3O3S. The fourth-order valence-corrected chi connectivity index (χ4v) is 4.16. The molecule has 1 aromatic carbocycles. The monoisotopic (exact) mass is 407 g/mol. The lowest BCUT2D eigenvalue weighted by molar-refractivity contribution is 0.102. The van der Waals surface area contributed by atoms with Crippen molar-refractivity contribution >= 4 is 17.5 Å². The molecule has 4 aromatic rings. The highest BCUT2D eigenvalue weighted by atomic mass is 32.2. The summed E-state index contributed by atoms with van der Waals surface area (Å²) in [6, 6.07) is 15.9. The second kappa shape index (κ2) is 8.13. The molecule has 0 unspecified atom stereocenters. The van der Waals surface area contributed by atoms with Gasteiger partial charge in [-0.3, -0.25) is 4.79 Å². The van der Waals surface area contributed by atoms with Crippen LogP contribution in [0.5, 0.6) is 0 Å². The molecule has 0 saturated heterocycles. The first-order chi connectivity index (χ1) is 14.0. The van der Waals surface area contributed by atoms with Crippen LogP contribution in [-0.2, 0) is 0 Å². The van der Waals surface area contributed by atoms with Gasteiger partial charge in [0.25, 0.3) is 11.1 Å². The van der Waals surface area contributed by atoms with Crippen molar-refractivity contribution in [3.63, 3.8) is 0 Å². The SMILES string of the molecule is Cc1cc(C(=O)CSc2nnc(-c3ccco3)o2)c(C)n1[C@H](C)c1ccccc1. The second-order valence-corrected chi connectivity index (χ2v) is 7.73. The Labute approximate surface area is 172 Å². The van der Waals surface area contributed by atoms with Crippen molar-refractivity contribution in [3.8, 4) is 11.7 Å². The first-order valence-corrected chi connectivity index (χ1v) is 10.3. The van der Waals surface area contributed by atoms with Crippen LogP contribution >= 0.6 is 11.8 Å². The number of rotatable bonds is 7. The first kappa shape index (κ1) is 19.3. The molecule has 6 nitrogen and oxygen atoms in total. The minimum Gasteiger partial charge on any atom is -0.459 e. The van der Waals surface area contributed by atoms with Gasteiger partial charge in [0.05, 0.1) is 18.1 Å². The number of thioether (sulfide) groups is 1. The zero-order valence-electron chi connectivity index (χ0n) is 16.5. The number of nitrogens with zero attached hydrogens (tertiary/aromatic N) is 3. The van der Waals surface area contributed by atoms with Gasteiger partial charge in [-0.2, -0.15) is 0 Å². The van der Waals surface area contributed by atoms with E-state index in [0.717, 1.165) is 17.0 Å². The Morgan fingerprint density at radius 3 is 2.66 bits per heavy atom. The quantitative estimate of drug-likeness (QED) is 0.304. The molecule has 7 heteroatoms. The smallest absolute Gasteiger partial charge is 0.284 e. The van der Waals surface area contributed by atoms with E-state index in [1.807, 2.05) is 38.1 Å². The molecule has 3 heterocycles. The lowest BCUT2D eigenvalue weighted by Gasteiger charge is -2.19.